The van der Waals surface area contributed by atoms with Crippen molar-refractivity contribution in [2.45, 2.75) is 19.8 Å². The average molecular weight is 369 g/mol. The van der Waals surface area contributed by atoms with Crippen LogP contribution < -0.4 is 10.2 Å². The van der Waals surface area contributed by atoms with Gasteiger partial charge in [-0.05, 0) is 61.2 Å². The van der Waals surface area contributed by atoms with Gasteiger partial charge in [-0.3, -0.25) is 9.59 Å². The largest absolute Gasteiger partial charge is 0.360 e. The van der Waals surface area contributed by atoms with Crippen LogP contribution in [0.3, 0.4) is 0 Å². The van der Waals surface area contributed by atoms with Gasteiger partial charge in [0.15, 0.2) is 0 Å². The van der Waals surface area contributed by atoms with Crippen LogP contribution in [0.15, 0.2) is 36.4 Å². The second kappa shape index (κ2) is 7.78. The summed E-state index contributed by atoms with van der Waals surface area (Å²) < 4.78 is 14.4. The molecular weight excluding hydrogens is 345 g/mol. The molecule has 0 aromatic heterocycles. The monoisotopic (exact) mass is 369 g/mol. The topological polar surface area (TPSA) is 52.7 Å². The summed E-state index contributed by atoms with van der Waals surface area (Å²) in [4.78, 5) is 27.7. The van der Waals surface area contributed by atoms with E-state index in [0.29, 0.717) is 23.5 Å². The third kappa shape index (κ3) is 4.10. The summed E-state index contributed by atoms with van der Waals surface area (Å²) in [6, 6.07) is 10.0. The van der Waals surface area contributed by atoms with Crippen molar-refractivity contribution in [3.63, 3.8) is 0 Å². The van der Waals surface area contributed by atoms with Crippen molar-refractivity contribution in [2.75, 3.05) is 37.4 Å². The van der Waals surface area contributed by atoms with E-state index in [9.17, 15) is 14.0 Å². The molecule has 142 valence electrons. The Kier molecular flexibility index (Phi) is 5.44. The molecule has 2 aromatic carbocycles. The summed E-state index contributed by atoms with van der Waals surface area (Å²) in [5.41, 5.74) is 3.75. The Labute approximate surface area is 158 Å². The molecule has 0 radical (unpaired) electrons. The molecular formula is C21H24FN3O2. The Morgan fingerprint density at radius 2 is 1.85 bits per heavy atom. The van der Waals surface area contributed by atoms with Crippen LogP contribution in [0.4, 0.5) is 15.8 Å². The smallest absolute Gasteiger partial charge is 0.253 e. The maximum Gasteiger partial charge on any atom is 0.253 e. The number of hydrogen-bond acceptors (Lipinski definition) is 3. The van der Waals surface area contributed by atoms with Gasteiger partial charge in [0.05, 0.1) is 12.2 Å². The van der Waals surface area contributed by atoms with Crippen molar-refractivity contribution in [2.24, 2.45) is 0 Å². The fourth-order valence-electron chi connectivity index (χ4n) is 3.41. The van der Waals surface area contributed by atoms with Gasteiger partial charge in [0.2, 0.25) is 5.91 Å². The number of aryl methyl sites for hydroxylation is 1. The van der Waals surface area contributed by atoms with Crippen molar-refractivity contribution in [3.8, 4) is 0 Å². The fourth-order valence-corrected chi connectivity index (χ4v) is 3.41. The van der Waals surface area contributed by atoms with Crippen molar-refractivity contribution in [3.05, 3.63) is 58.9 Å². The quantitative estimate of drug-likeness (QED) is 0.900. The molecule has 0 saturated heterocycles. The number of fused-ring (bicyclic) bond motifs is 1. The first-order valence-electron chi connectivity index (χ1n) is 9.01. The van der Waals surface area contributed by atoms with E-state index in [0.717, 1.165) is 24.0 Å². The maximum absolute atomic E-state index is 14.4. The molecule has 0 saturated carbocycles. The van der Waals surface area contributed by atoms with Gasteiger partial charge in [0.25, 0.3) is 5.91 Å². The third-order valence-corrected chi connectivity index (χ3v) is 4.80. The van der Waals surface area contributed by atoms with E-state index in [-0.39, 0.29) is 24.2 Å². The van der Waals surface area contributed by atoms with Crippen molar-refractivity contribution in [1.82, 2.24) is 4.90 Å². The minimum absolute atomic E-state index is 0.0890. The molecule has 1 aliphatic heterocycles. The molecule has 0 fully saturated rings. The first-order valence-corrected chi connectivity index (χ1v) is 9.01. The van der Waals surface area contributed by atoms with Gasteiger partial charge in [0, 0.05) is 31.9 Å². The lowest BCUT2D eigenvalue weighted by Crippen LogP contribution is -2.37. The van der Waals surface area contributed by atoms with Crippen LogP contribution in [0.5, 0.6) is 0 Å². The van der Waals surface area contributed by atoms with Crippen molar-refractivity contribution >= 4 is 23.2 Å². The lowest BCUT2D eigenvalue weighted by molar-refractivity contribution is -0.115. The highest BCUT2D eigenvalue weighted by molar-refractivity contribution is 5.96. The number of rotatable bonds is 4. The number of amides is 2. The van der Waals surface area contributed by atoms with Gasteiger partial charge in [0.1, 0.15) is 5.82 Å². The molecule has 2 amide bonds. The lowest BCUT2D eigenvalue weighted by atomic mass is 9.96. The molecule has 0 unspecified atom stereocenters. The molecule has 1 aliphatic rings. The molecule has 6 heteroatoms. The summed E-state index contributed by atoms with van der Waals surface area (Å²) in [6.45, 7) is 2.71. The second-order valence-electron chi connectivity index (χ2n) is 7.04. The van der Waals surface area contributed by atoms with E-state index in [1.807, 2.05) is 6.92 Å². The molecule has 0 spiro atoms. The van der Waals surface area contributed by atoms with Crippen LogP contribution in [-0.4, -0.2) is 43.9 Å². The standard InChI is InChI=1S/C21H24FN3O2/c1-14-6-11-18(22)20-17(14)5-4-12-25(20)13-19(26)23-16-9-7-15(8-10-16)21(27)24(2)3/h6-11H,4-5,12-13H2,1-3H3,(H,23,26). The number of nitrogens with one attached hydrogen (secondary N) is 1. The molecule has 2 aromatic rings. The van der Waals surface area contributed by atoms with Crippen LogP contribution in [-0.2, 0) is 11.2 Å². The number of hydrogen-bond donors (Lipinski definition) is 1. The summed E-state index contributed by atoms with van der Waals surface area (Å²) in [5, 5.41) is 2.82. The van der Waals surface area contributed by atoms with E-state index in [4.69, 9.17) is 0 Å². The molecule has 0 aliphatic carbocycles. The molecule has 1 heterocycles. The zero-order valence-electron chi connectivity index (χ0n) is 15.9. The van der Waals surface area contributed by atoms with Gasteiger partial charge in [-0.2, -0.15) is 0 Å². The number of carbonyl (C=O) groups excluding carboxylic acids is 2. The zero-order valence-corrected chi connectivity index (χ0v) is 15.9. The summed E-state index contributed by atoms with van der Waals surface area (Å²) in [7, 11) is 3.38. The molecule has 0 bridgehead atoms. The third-order valence-electron chi connectivity index (χ3n) is 4.80. The predicted molar refractivity (Wildman–Crippen MR) is 105 cm³/mol. The fraction of sp³-hybridized carbons (Fsp3) is 0.333. The molecule has 1 N–H and O–H groups in total. The number of nitrogens with zero attached hydrogens (tertiary/aromatic N) is 2. The number of carbonyl (C=O) groups is 2. The maximum atomic E-state index is 14.4. The predicted octanol–water partition coefficient (Wildman–Crippen LogP) is 3.23. The number of benzene rings is 2. The second-order valence-corrected chi connectivity index (χ2v) is 7.04. The van der Waals surface area contributed by atoms with E-state index in [1.54, 1.807) is 49.3 Å². The van der Waals surface area contributed by atoms with Crippen LogP contribution in [0.2, 0.25) is 0 Å². The Morgan fingerprint density at radius 3 is 2.52 bits per heavy atom. The Morgan fingerprint density at radius 1 is 1.15 bits per heavy atom. The first kappa shape index (κ1) is 18.9. The Bertz CT molecular complexity index is 862. The molecule has 5 nitrogen and oxygen atoms in total. The van der Waals surface area contributed by atoms with E-state index < -0.39 is 0 Å². The van der Waals surface area contributed by atoms with Crippen LogP contribution >= 0.6 is 0 Å². The van der Waals surface area contributed by atoms with E-state index >= 15 is 0 Å². The van der Waals surface area contributed by atoms with Crippen LogP contribution in [0.1, 0.15) is 27.9 Å². The Hall–Kier alpha value is -2.89. The number of halogens is 1. The van der Waals surface area contributed by atoms with Gasteiger partial charge >= 0.3 is 0 Å². The highest BCUT2D eigenvalue weighted by atomic mass is 19.1. The molecule has 0 atom stereocenters. The van der Waals surface area contributed by atoms with Gasteiger partial charge < -0.3 is 15.1 Å². The van der Waals surface area contributed by atoms with Gasteiger partial charge in [-0.15, -0.1) is 0 Å². The average Bonchev–Trinajstić information content (AvgIpc) is 2.64. The first-order chi connectivity index (χ1) is 12.9. The normalized spacial score (nSPS) is 13.1. The summed E-state index contributed by atoms with van der Waals surface area (Å²) in [5.74, 6) is -0.589. The van der Waals surface area contributed by atoms with Gasteiger partial charge in [-0.1, -0.05) is 6.07 Å². The highest BCUT2D eigenvalue weighted by Gasteiger charge is 2.24. The minimum Gasteiger partial charge on any atom is -0.360 e. The van der Waals surface area contributed by atoms with E-state index in [1.165, 1.54) is 11.0 Å². The van der Waals surface area contributed by atoms with Crippen LogP contribution in [0.25, 0.3) is 0 Å². The van der Waals surface area contributed by atoms with E-state index in [2.05, 4.69) is 5.32 Å². The Balaban J connectivity index is 1.69. The van der Waals surface area contributed by atoms with Crippen molar-refractivity contribution < 1.29 is 14.0 Å². The minimum atomic E-state index is -0.283. The highest BCUT2D eigenvalue weighted by Crippen LogP contribution is 2.32. The van der Waals surface area contributed by atoms with Crippen molar-refractivity contribution in [1.29, 1.82) is 0 Å². The SMILES string of the molecule is Cc1ccc(F)c2c1CCCN2CC(=O)Nc1ccc(C(=O)N(C)C)cc1. The summed E-state index contributed by atoms with van der Waals surface area (Å²) in [6.07, 6.45) is 1.73. The lowest BCUT2D eigenvalue weighted by Gasteiger charge is -2.32. The summed E-state index contributed by atoms with van der Waals surface area (Å²) >= 11 is 0. The van der Waals surface area contributed by atoms with Gasteiger partial charge in [-0.25, -0.2) is 4.39 Å². The molecule has 3 rings (SSSR count). The number of anilines is 2. The zero-order chi connectivity index (χ0) is 19.6. The molecule has 27 heavy (non-hydrogen) atoms. The van der Waals surface area contributed by atoms with Crippen LogP contribution in [0, 0.1) is 12.7 Å².